The van der Waals surface area contributed by atoms with Crippen LogP contribution in [0.2, 0.25) is 5.02 Å². The molecule has 6 heteroatoms. The molecule has 2 heterocycles. The molecule has 1 saturated carbocycles. The number of hydrogen-bond donors (Lipinski definition) is 1. The third kappa shape index (κ3) is 2.78. The van der Waals surface area contributed by atoms with Crippen molar-refractivity contribution in [3.05, 3.63) is 52.3 Å². The Morgan fingerprint density at radius 1 is 1.24 bits per heavy atom. The van der Waals surface area contributed by atoms with Crippen LogP contribution < -0.4 is 0 Å². The topological polar surface area (TPSA) is 68.0 Å². The molecule has 0 bridgehead atoms. The van der Waals surface area contributed by atoms with Crippen molar-refractivity contribution in [2.75, 3.05) is 0 Å². The molecule has 1 aromatic carbocycles. The second-order valence-electron chi connectivity index (χ2n) is 6.57. The van der Waals surface area contributed by atoms with Gasteiger partial charge in [-0.2, -0.15) is 5.10 Å². The summed E-state index contributed by atoms with van der Waals surface area (Å²) in [5, 5.41) is 15.8. The van der Waals surface area contributed by atoms with Crippen molar-refractivity contribution in [1.29, 1.82) is 0 Å². The van der Waals surface area contributed by atoms with E-state index in [1.807, 2.05) is 12.1 Å². The maximum Gasteiger partial charge on any atom is 0.336 e. The summed E-state index contributed by atoms with van der Waals surface area (Å²) >= 11 is 6.00. The van der Waals surface area contributed by atoms with Crippen LogP contribution in [0.5, 0.6) is 0 Å². The molecule has 1 aliphatic rings. The van der Waals surface area contributed by atoms with Crippen molar-refractivity contribution < 1.29 is 9.90 Å². The number of nitrogens with zero attached hydrogens (tertiary/aromatic N) is 3. The van der Waals surface area contributed by atoms with Crippen LogP contribution in [0.15, 0.2) is 30.3 Å². The van der Waals surface area contributed by atoms with Crippen molar-refractivity contribution >= 4 is 28.6 Å². The lowest BCUT2D eigenvalue weighted by Gasteiger charge is -2.07. The average molecular weight is 356 g/mol. The molecule has 0 amide bonds. The number of pyridine rings is 1. The van der Waals surface area contributed by atoms with E-state index in [4.69, 9.17) is 16.7 Å². The van der Waals surface area contributed by atoms with Gasteiger partial charge in [0.1, 0.15) is 0 Å². The number of carbonyl (C=O) groups is 1. The van der Waals surface area contributed by atoms with Crippen molar-refractivity contribution in [3.63, 3.8) is 0 Å². The van der Waals surface area contributed by atoms with Crippen LogP contribution in [0.1, 0.15) is 53.3 Å². The van der Waals surface area contributed by atoms with E-state index < -0.39 is 5.97 Å². The van der Waals surface area contributed by atoms with Gasteiger partial charge in [-0.1, -0.05) is 24.4 Å². The van der Waals surface area contributed by atoms with Gasteiger partial charge in [-0.15, -0.1) is 0 Å². The van der Waals surface area contributed by atoms with Gasteiger partial charge in [-0.3, -0.25) is 0 Å². The minimum atomic E-state index is -0.939. The zero-order valence-electron chi connectivity index (χ0n) is 13.9. The minimum absolute atomic E-state index is 0.282. The Balaban J connectivity index is 2.03. The third-order valence-electron chi connectivity index (χ3n) is 4.84. The third-order valence-corrected chi connectivity index (χ3v) is 5.09. The van der Waals surface area contributed by atoms with Crippen LogP contribution >= 0.6 is 11.6 Å². The SMILES string of the molecule is Cc1cc(C(=O)O)c2c(C3CCCC3)nn(-c3ccc(Cl)cc3)c2n1. The normalized spacial score (nSPS) is 15.1. The van der Waals surface area contributed by atoms with E-state index in [1.165, 1.54) is 0 Å². The van der Waals surface area contributed by atoms with E-state index in [1.54, 1.807) is 29.8 Å². The van der Waals surface area contributed by atoms with Gasteiger partial charge < -0.3 is 5.11 Å². The standard InChI is InChI=1S/C19H18ClN3O2/c1-11-10-15(19(24)25)16-17(12-4-2-3-5-12)22-23(18(16)21-11)14-8-6-13(20)7-9-14/h6-10,12H,2-5H2,1H3,(H,24,25). The molecule has 3 aromatic rings. The molecule has 0 unspecified atom stereocenters. The summed E-state index contributed by atoms with van der Waals surface area (Å²) < 4.78 is 1.75. The Kier molecular flexibility index (Phi) is 3.96. The molecule has 0 saturated heterocycles. The van der Waals surface area contributed by atoms with Gasteiger partial charge in [-0.05, 0) is 50.1 Å². The van der Waals surface area contributed by atoms with Crippen LogP contribution in [-0.4, -0.2) is 25.8 Å². The fourth-order valence-electron chi connectivity index (χ4n) is 3.68. The molecule has 0 atom stereocenters. The Morgan fingerprint density at radius 2 is 1.92 bits per heavy atom. The van der Waals surface area contributed by atoms with Gasteiger partial charge in [0.25, 0.3) is 0 Å². The molecule has 0 spiro atoms. The van der Waals surface area contributed by atoms with Crippen LogP contribution in [0.4, 0.5) is 0 Å². The lowest BCUT2D eigenvalue weighted by molar-refractivity contribution is 0.0698. The average Bonchev–Trinajstić information content (AvgIpc) is 3.22. The number of aryl methyl sites for hydroxylation is 1. The second-order valence-corrected chi connectivity index (χ2v) is 7.01. The zero-order valence-corrected chi connectivity index (χ0v) is 14.6. The van der Waals surface area contributed by atoms with Crippen molar-refractivity contribution in [3.8, 4) is 5.69 Å². The van der Waals surface area contributed by atoms with Crippen molar-refractivity contribution in [2.24, 2.45) is 0 Å². The number of benzene rings is 1. The van der Waals surface area contributed by atoms with Gasteiger partial charge in [0, 0.05) is 16.6 Å². The Hall–Kier alpha value is -2.40. The summed E-state index contributed by atoms with van der Waals surface area (Å²) in [7, 11) is 0. The van der Waals surface area contributed by atoms with Gasteiger partial charge >= 0.3 is 5.97 Å². The molecule has 128 valence electrons. The van der Waals surface area contributed by atoms with Crippen molar-refractivity contribution in [2.45, 2.75) is 38.5 Å². The summed E-state index contributed by atoms with van der Waals surface area (Å²) in [5.41, 5.74) is 3.23. The molecule has 4 rings (SSSR count). The predicted octanol–water partition coefficient (Wildman–Crippen LogP) is 4.74. The first-order valence-corrected chi connectivity index (χ1v) is 8.82. The summed E-state index contributed by atoms with van der Waals surface area (Å²) in [6, 6.07) is 8.98. The van der Waals surface area contributed by atoms with Gasteiger partial charge in [0.2, 0.25) is 0 Å². The lowest BCUT2D eigenvalue weighted by Crippen LogP contribution is -2.02. The Bertz CT molecular complexity index is 957. The van der Waals surface area contributed by atoms with Crippen LogP contribution in [0.3, 0.4) is 0 Å². The summed E-state index contributed by atoms with van der Waals surface area (Å²) in [4.78, 5) is 16.5. The summed E-state index contributed by atoms with van der Waals surface area (Å²) in [6.45, 7) is 1.81. The van der Waals surface area contributed by atoms with E-state index in [9.17, 15) is 9.90 Å². The van der Waals surface area contributed by atoms with E-state index in [2.05, 4.69) is 4.98 Å². The highest BCUT2D eigenvalue weighted by Crippen LogP contribution is 2.38. The quantitative estimate of drug-likeness (QED) is 0.736. The summed E-state index contributed by atoms with van der Waals surface area (Å²) in [6.07, 6.45) is 4.39. The van der Waals surface area contributed by atoms with Crippen LogP contribution in [0.25, 0.3) is 16.7 Å². The van der Waals surface area contributed by atoms with Crippen molar-refractivity contribution in [1.82, 2.24) is 14.8 Å². The number of aromatic carboxylic acids is 1. The molecule has 5 nitrogen and oxygen atoms in total. The highest BCUT2D eigenvalue weighted by atomic mass is 35.5. The maximum atomic E-state index is 11.8. The van der Waals surface area contributed by atoms with Crippen LogP contribution in [-0.2, 0) is 0 Å². The number of hydrogen-bond acceptors (Lipinski definition) is 3. The smallest absolute Gasteiger partial charge is 0.336 e. The largest absolute Gasteiger partial charge is 0.478 e. The first kappa shape index (κ1) is 16.1. The molecule has 25 heavy (non-hydrogen) atoms. The number of fused-ring (bicyclic) bond motifs is 1. The van der Waals surface area contributed by atoms with Gasteiger partial charge in [-0.25, -0.2) is 14.5 Å². The first-order chi connectivity index (χ1) is 12.0. The number of carboxylic acid groups (broad SMARTS) is 1. The number of rotatable bonds is 3. The van der Waals surface area contributed by atoms with Gasteiger partial charge in [0.15, 0.2) is 5.65 Å². The number of carboxylic acids is 1. The van der Waals surface area contributed by atoms with Crippen LogP contribution in [0, 0.1) is 6.92 Å². The molecule has 1 N–H and O–H groups in total. The monoisotopic (exact) mass is 355 g/mol. The Morgan fingerprint density at radius 3 is 2.56 bits per heavy atom. The molecular weight excluding hydrogens is 338 g/mol. The molecule has 1 aliphatic carbocycles. The molecular formula is C19H18ClN3O2. The minimum Gasteiger partial charge on any atom is -0.478 e. The van der Waals surface area contributed by atoms with E-state index in [-0.39, 0.29) is 5.56 Å². The zero-order chi connectivity index (χ0) is 17.6. The second kappa shape index (κ2) is 6.15. The van der Waals surface area contributed by atoms with Gasteiger partial charge in [0.05, 0.1) is 22.3 Å². The predicted molar refractivity (Wildman–Crippen MR) is 96.8 cm³/mol. The maximum absolute atomic E-state index is 11.8. The Labute approximate surface area is 150 Å². The van der Waals surface area contributed by atoms with E-state index in [0.717, 1.165) is 37.1 Å². The highest BCUT2D eigenvalue weighted by molar-refractivity contribution is 6.30. The highest BCUT2D eigenvalue weighted by Gasteiger charge is 2.27. The molecule has 0 aliphatic heterocycles. The number of halogens is 1. The van der Waals surface area contributed by atoms with E-state index in [0.29, 0.717) is 27.7 Å². The fourth-order valence-corrected chi connectivity index (χ4v) is 3.81. The molecule has 2 aromatic heterocycles. The lowest BCUT2D eigenvalue weighted by atomic mass is 9.98. The van der Waals surface area contributed by atoms with E-state index >= 15 is 0 Å². The summed E-state index contributed by atoms with van der Waals surface area (Å²) in [5.74, 6) is -0.649. The molecule has 0 radical (unpaired) electrons. The first-order valence-electron chi connectivity index (χ1n) is 8.44. The number of aromatic nitrogens is 3. The fraction of sp³-hybridized carbons (Fsp3) is 0.316. The molecule has 1 fully saturated rings.